The standard InChI is InChI=1S/C20H26N2O4S/c1-16-4-6-17(7-5-16)15-21-10-12-22(13-11-21)27(23,24)20-9-8-18(25-2)14-19(20)26-3/h4-9,14H,10-13,15H2,1-3H3. The predicted octanol–water partition coefficient (Wildman–Crippen LogP) is 2.52. The van der Waals surface area contributed by atoms with Crippen LogP contribution in [-0.2, 0) is 16.6 Å². The minimum Gasteiger partial charge on any atom is -0.497 e. The van der Waals surface area contributed by atoms with Crippen LogP contribution in [-0.4, -0.2) is 58.0 Å². The van der Waals surface area contributed by atoms with Gasteiger partial charge in [0.2, 0.25) is 10.0 Å². The van der Waals surface area contributed by atoms with Crippen LogP contribution in [0.15, 0.2) is 47.4 Å². The van der Waals surface area contributed by atoms with Crippen molar-refractivity contribution in [2.75, 3.05) is 40.4 Å². The lowest BCUT2D eigenvalue weighted by molar-refractivity contribution is 0.181. The highest BCUT2D eigenvalue weighted by Crippen LogP contribution is 2.31. The molecule has 2 aromatic carbocycles. The number of hydrogen-bond donors (Lipinski definition) is 0. The van der Waals surface area contributed by atoms with Crippen molar-refractivity contribution in [3.63, 3.8) is 0 Å². The van der Waals surface area contributed by atoms with Crippen molar-refractivity contribution in [2.24, 2.45) is 0 Å². The van der Waals surface area contributed by atoms with Crippen molar-refractivity contribution in [2.45, 2.75) is 18.4 Å². The fourth-order valence-electron chi connectivity index (χ4n) is 3.21. The third-order valence-corrected chi connectivity index (χ3v) is 6.78. The summed E-state index contributed by atoms with van der Waals surface area (Å²) in [5, 5.41) is 0. The van der Waals surface area contributed by atoms with Gasteiger partial charge in [-0.05, 0) is 24.6 Å². The molecule has 146 valence electrons. The summed E-state index contributed by atoms with van der Waals surface area (Å²) in [6.45, 7) is 5.23. The number of benzene rings is 2. The van der Waals surface area contributed by atoms with Crippen LogP contribution in [0.1, 0.15) is 11.1 Å². The second-order valence-electron chi connectivity index (χ2n) is 6.68. The largest absolute Gasteiger partial charge is 0.497 e. The van der Waals surface area contributed by atoms with Crippen molar-refractivity contribution in [3.8, 4) is 11.5 Å². The van der Waals surface area contributed by atoms with Gasteiger partial charge in [0, 0.05) is 38.8 Å². The highest BCUT2D eigenvalue weighted by Gasteiger charge is 2.31. The zero-order valence-corrected chi connectivity index (χ0v) is 16.8. The molecule has 0 bridgehead atoms. The molecule has 2 aromatic rings. The third-order valence-electron chi connectivity index (χ3n) is 4.85. The molecule has 0 N–H and O–H groups in total. The number of aryl methyl sites for hydroxylation is 1. The molecule has 0 spiro atoms. The van der Waals surface area contributed by atoms with Crippen LogP contribution in [0.4, 0.5) is 0 Å². The van der Waals surface area contributed by atoms with Gasteiger partial charge in [-0.25, -0.2) is 8.42 Å². The van der Waals surface area contributed by atoms with Crippen LogP contribution in [0.2, 0.25) is 0 Å². The summed E-state index contributed by atoms with van der Waals surface area (Å²) in [7, 11) is -0.602. The van der Waals surface area contributed by atoms with Gasteiger partial charge in [0.1, 0.15) is 16.4 Å². The van der Waals surface area contributed by atoms with E-state index in [0.717, 1.165) is 6.54 Å². The van der Waals surface area contributed by atoms with Crippen LogP contribution in [0, 0.1) is 6.92 Å². The van der Waals surface area contributed by atoms with Crippen molar-refractivity contribution < 1.29 is 17.9 Å². The van der Waals surface area contributed by atoms with E-state index in [1.54, 1.807) is 18.2 Å². The average Bonchev–Trinajstić information content (AvgIpc) is 2.69. The lowest BCUT2D eigenvalue weighted by Crippen LogP contribution is -2.48. The molecule has 0 unspecified atom stereocenters. The van der Waals surface area contributed by atoms with E-state index >= 15 is 0 Å². The molecule has 0 amide bonds. The molecular weight excluding hydrogens is 364 g/mol. The SMILES string of the molecule is COc1ccc(S(=O)(=O)N2CCN(Cc3ccc(C)cc3)CC2)c(OC)c1. The molecule has 27 heavy (non-hydrogen) atoms. The number of nitrogens with zero attached hydrogens (tertiary/aromatic N) is 2. The Morgan fingerprint density at radius 3 is 2.19 bits per heavy atom. The van der Waals surface area contributed by atoms with Gasteiger partial charge in [0.15, 0.2) is 0 Å². The summed E-state index contributed by atoms with van der Waals surface area (Å²) in [6, 6.07) is 13.2. The second-order valence-corrected chi connectivity index (χ2v) is 8.59. The van der Waals surface area contributed by atoms with E-state index < -0.39 is 10.0 Å². The quantitative estimate of drug-likeness (QED) is 0.759. The van der Waals surface area contributed by atoms with E-state index in [1.807, 2.05) is 0 Å². The number of ether oxygens (including phenoxy) is 2. The van der Waals surface area contributed by atoms with E-state index in [-0.39, 0.29) is 4.90 Å². The zero-order chi connectivity index (χ0) is 19.4. The monoisotopic (exact) mass is 390 g/mol. The fraction of sp³-hybridized carbons (Fsp3) is 0.400. The predicted molar refractivity (Wildman–Crippen MR) is 105 cm³/mol. The summed E-state index contributed by atoms with van der Waals surface area (Å²) in [6.07, 6.45) is 0. The minimum atomic E-state index is -3.61. The Balaban J connectivity index is 1.68. The van der Waals surface area contributed by atoms with Crippen LogP contribution in [0.5, 0.6) is 11.5 Å². The summed E-state index contributed by atoms with van der Waals surface area (Å²) in [5.41, 5.74) is 2.48. The zero-order valence-electron chi connectivity index (χ0n) is 16.0. The van der Waals surface area contributed by atoms with Gasteiger partial charge in [-0.1, -0.05) is 29.8 Å². The lowest BCUT2D eigenvalue weighted by atomic mass is 10.1. The van der Waals surface area contributed by atoms with E-state index in [2.05, 4.69) is 36.1 Å². The molecule has 6 nitrogen and oxygen atoms in total. The Hall–Kier alpha value is -2.09. The first kappa shape index (κ1) is 19.7. The summed E-state index contributed by atoms with van der Waals surface area (Å²) >= 11 is 0. The smallest absolute Gasteiger partial charge is 0.246 e. The van der Waals surface area contributed by atoms with Gasteiger partial charge in [-0.3, -0.25) is 4.90 Å². The van der Waals surface area contributed by atoms with E-state index in [4.69, 9.17) is 9.47 Å². The summed E-state index contributed by atoms with van der Waals surface area (Å²) in [5.74, 6) is 0.866. The molecule has 1 aliphatic rings. The first-order valence-electron chi connectivity index (χ1n) is 8.94. The molecule has 1 saturated heterocycles. The maximum atomic E-state index is 13.1. The number of methoxy groups -OCH3 is 2. The summed E-state index contributed by atoms with van der Waals surface area (Å²) in [4.78, 5) is 2.46. The van der Waals surface area contributed by atoms with Gasteiger partial charge in [0.05, 0.1) is 14.2 Å². The Labute approximate surface area is 161 Å². The van der Waals surface area contributed by atoms with Gasteiger partial charge in [-0.2, -0.15) is 4.31 Å². The van der Waals surface area contributed by atoms with Gasteiger partial charge < -0.3 is 9.47 Å². The first-order chi connectivity index (χ1) is 12.9. The van der Waals surface area contributed by atoms with Crippen molar-refractivity contribution >= 4 is 10.0 Å². The average molecular weight is 391 g/mol. The number of rotatable bonds is 6. The molecule has 7 heteroatoms. The molecule has 0 radical (unpaired) electrons. The van der Waals surface area contributed by atoms with Crippen LogP contribution >= 0.6 is 0 Å². The molecule has 1 heterocycles. The highest BCUT2D eigenvalue weighted by molar-refractivity contribution is 7.89. The molecule has 0 aromatic heterocycles. The van der Waals surface area contributed by atoms with Gasteiger partial charge in [0.25, 0.3) is 0 Å². The first-order valence-corrected chi connectivity index (χ1v) is 10.4. The molecule has 1 fully saturated rings. The topological polar surface area (TPSA) is 59.1 Å². The van der Waals surface area contributed by atoms with Gasteiger partial charge in [-0.15, -0.1) is 0 Å². The van der Waals surface area contributed by atoms with Crippen LogP contribution in [0.3, 0.4) is 0 Å². The summed E-state index contributed by atoms with van der Waals surface area (Å²) < 4.78 is 38.1. The van der Waals surface area contributed by atoms with E-state index in [9.17, 15) is 8.42 Å². The molecule has 0 saturated carbocycles. The molecule has 0 atom stereocenters. The maximum absolute atomic E-state index is 13.1. The highest BCUT2D eigenvalue weighted by atomic mass is 32.2. The third kappa shape index (κ3) is 4.43. The number of piperazine rings is 1. The Kier molecular flexibility index (Phi) is 6.04. The molecule has 0 aliphatic carbocycles. The van der Waals surface area contributed by atoms with Crippen LogP contribution < -0.4 is 9.47 Å². The maximum Gasteiger partial charge on any atom is 0.246 e. The normalized spacial score (nSPS) is 16.3. The van der Waals surface area contributed by atoms with Gasteiger partial charge >= 0.3 is 0 Å². The Morgan fingerprint density at radius 1 is 0.926 bits per heavy atom. The molecule has 3 rings (SSSR count). The van der Waals surface area contributed by atoms with Crippen molar-refractivity contribution in [1.29, 1.82) is 0 Å². The number of sulfonamides is 1. The Bertz CT molecular complexity index is 873. The van der Waals surface area contributed by atoms with E-state index in [0.29, 0.717) is 37.7 Å². The van der Waals surface area contributed by atoms with Crippen molar-refractivity contribution in [3.05, 3.63) is 53.6 Å². The Morgan fingerprint density at radius 2 is 1.59 bits per heavy atom. The molecule has 1 aliphatic heterocycles. The lowest BCUT2D eigenvalue weighted by Gasteiger charge is -2.34. The molecular formula is C20H26N2O4S. The second kappa shape index (κ2) is 8.29. The van der Waals surface area contributed by atoms with Crippen molar-refractivity contribution in [1.82, 2.24) is 9.21 Å². The van der Waals surface area contributed by atoms with E-state index in [1.165, 1.54) is 29.7 Å². The fourth-order valence-corrected chi connectivity index (χ4v) is 4.77. The minimum absolute atomic E-state index is 0.179. The van der Waals surface area contributed by atoms with Crippen LogP contribution in [0.25, 0.3) is 0 Å². The number of hydrogen-bond acceptors (Lipinski definition) is 5.